The molecule has 3 nitrogen and oxygen atoms in total. The van der Waals surface area contributed by atoms with Crippen molar-refractivity contribution < 1.29 is 14.2 Å². The fourth-order valence-electron chi connectivity index (χ4n) is 3.09. The van der Waals surface area contributed by atoms with Crippen molar-refractivity contribution in [2.75, 3.05) is 21.3 Å². The van der Waals surface area contributed by atoms with Crippen LogP contribution in [-0.4, -0.2) is 39.6 Å². The molecule has 3 heteroatoms. The highest BCUT2D eigenvalue weighted by atomic mass is 16.6. The van der Waals surface area contributed by atoms with Crippen LogP contribution < -0.4 is 0 Å². The molecule has 0 amide bonds. The van der Waals surface area contributed by atoms with Crippen molar-refractivity contribution in [1.29, 1.82) is 0 Å². The minimum absolute atomic E-state index is 0.0534. The van der Waals surface area contributed by atoms with E-state index in [0.29, 0.717) is 11.3 Å². The molecule has 0 N–H and O–H groups in total. The van der Waals surface area contributed by atoms with E-state index < -0.39 is 0 Å². The first kappa shape index (κ1) is 15.9. The Morgan fingerprint density at radius 3 is 2.00 bits per heavy atom. The highest BCUT2D eigenvalue weighted by Crippen LogP contribution is 2.41. The van der Waals surface area contributed by atoms with Gasteiger partial charge in [0.1, 0.15) is 6.10 Å². The molecule has 0 aromatic carbocycles. The fraction of sp³-hybridized carbons (Fsp3) is 1.00. The minimum Gasteiger partial charge on any atom is -0.379 e. The molecule has 4 unspecified atom stereocenters. The number of ether oxygens (including phenoxy) is 3. The number of hydrogen-bond acceptors (Lipinski definition) is 3. The number of methoxy groups -OCH3 is 3. The molecule has 0 bridgehead atoms. The summed E-state index contributed by atoms with van der Waals surface area (Å²) in [5.41, 5.74) is 0.359. The van der Waals surface area contributed by atoms with E-state index in [4.69, 9.17) is 14.2 Å². The summed E-state index contributed by atoms with van der Waals surface area (Å²) < 4.78 is 16.9. The predicted molar refractivity (Wildman–Crippen MR) is 73.8 cm³/mol. The van der Waals surface area contributed by atoms with Gasteiger partial charge >= 0.3 is 0 Å². The Morgan fingerprint density at radius 1 is 0.944 bits per heavy atom. The van der Waals surface area contributed by atoms with Crippen molar-refractivity contribution in [3.8, 4) is 0 Å². The lowest BCUT2D eigenvalue weighted by Crippen LogP contribution is -2.40. The zero-order valence-corrected chi connectivity index (χ0v) is 12.9. The molecule has 0 saturated heterocycles. The summed E-state index contributed by atoms with van der Waals surface area (Å²) >= 11 is 0. The Labute approximate surface area is 112 Å². The summed E-state index contributed by atoms with van der Waals surface area (Å²) in [6, 6.07) is 0. The highest BCUT2D eigenvalue weighted by molar-refractivity contribution is 4.90. The summed E-state index contributed by atoms with van der Waals surface area (Å²) in [6.07, 6.45) is 4.86. The van der Waals surface area contributed by atoms with Crippen LogP contribution in [0.5, 0.6) is 0 Å². The predicted octanol–water partition coefficient (Wildman–Crippen LogP) is 3.27. The van der Waals surface area contributed by atoms with Crippen molar-refractivity contribution in [3.05, 3.63) is 0 Å². The van der Waals surface area contributed by atoms with Crippen LogP contribution >= 0.6 is 0 Å². The van der Waals surface area contributed by atoms with E-state index in [1.165, 1.54) is 12.8 Å². The molecule has 1 rings (SSSR count). The largest absolute Gasteiger partial charge is 0.379 e. The summed E-state index contributed by atoms with van der Waals surface area (Å²) in [7, 11) is 5.31. The average molecular weight is 258 g/mol. The first-order valence-corrected chi connectivity index (χ1v) is 7.08. The monoisotopic (exact) mass is 258 g/mol. The summed E-state index contributed by atoms with van der Waals surface area (Å²) in [4.78, 5) is 0. The molecule has 0 aromatic heterocycles. The fourth-order valence-corrected chi connectivity index (χ4v) is 3.09. The zero-order chi connectivity index (χ0) is 13.8. The van der Waals surface area contributed by atoms with Gasteiger partial charge < -0.3 is 14.2 Å². The molecular weight excluding hydrogens is 228 g/mol. The SMILES string of the molecule is CCC(C)(C)C1CCC(OC)C(OC)C(OC)C1. The van der Waals surface area contributed by atoms with E-state index in [1.54, 1.807) is 21.3 Å². The maximum atomic E-state index is 5.67. The van der Waals surface area contributed by atoms with E-state index in [2.05, 4.69) is 20.8 Å². The van der Waals surface area contributed by atoms with E-state index in [-0.39, 0.29) is 18.3 Å². The first-order valence-electron chi connectivity index (χ1n) is 7.08. The van der Waals surface area contributed by atoms with E-state index in [1.807, 2.05) is 0 Å². The van der Waals surface area contributed by atoms with Crippen molar-refractivity contribution in [2.24, 2.45) is 11.3 Å². The molecule has 0 spiro atoms. The third-order valence-corrected chi connectivity index (χ3v) is 4.94. The molecule has 0 radical (unpaired) electrons. The van der Waals surface area contributed by atoms with Crippen molar-refractivity contribution in [3.63, 3.8) is 0 Å². The number of rotatable bonds is 5. The van der Waals surface area contributed by atoms with Gasteiger partial charge in [-0.2, -0.15) is 0 Å². The zero-order valence-electron chi connectivity index (χ0n) is 12.9. The molecular formula is C15H30O3. The quantitative estimate of drug-likeness (QED) is 0.708. The van der Waals surface area contributed by atoms with Crippen LogP contribution in [0.15, 0.2) is 0 Å². The van der Waals surface area contributed by atoms with Gasteiger partial charge in [0.25, 0.3) is 0 Å². The second-order valence-electron chi connectivity index (χ2n) is 6.10. The summed E-state index contributed by atoms with van der Waals surface area (Å²) in [5.74, 6) is 0.672. The lowest BCUT2D eigenvalue weighted by atomic mass is 9.73. The van der Waals surface area contributed by atoms with Crippen LogP contribution in [0, 0.1) is 11.3 Å². The van der Waals surface area contributed by atoms with Gasteiger partial charge in [0.15, 0.2) is 0 Å². The molecule has 0 aromatic rings. The lowest BCUT2D eigenvalue weighted by molar-refractivity contribution is -0.106. The Bertz CT molecular complexity index is 240. The molecule has 1 aliphatic rings. The molecule has 1 saturated carbocycles. The van der Waals surface area contributed by atoms with Crippen LogP contribution in [0.1, 0.15) is 46.5 Å². The van der Waals surface area contributed by atoms with Gasteiger partial charge in [-0.3, -0.25) is 0 Å². The van der Waals surface area contributed by atoms with Crippen molar-refractivity contribution in [2.45, 2.75) is 64.8 Å². The molecule has 1 fully saturated rings. The molecule has 108 valence electrons. The van der Waals surface area contributed by atoms with E-state index >= 15 is 0 Å². The number of hydrogen-bond donors (Lipinski definition) is 0. The Morgan fingerprint density at radius 2 is 1.56 bits per heavy atom. The molecule has 18 heavy (non-hydrogen) atoms. The maximum Gasteiger partial charge on any atom is 0.109 e. The molecule has 0 heterocycles. The van der Waals surface area contributed by atoms with Crippen LogP contribution in [0.2, 0.25) is 0 Å². The van der Waals surface area contributed by atoms with Gasteiger partial charge in [-0.25, -0.2) is 0 Å². The van der Waals surface area contributed by atoms with Gasteiger partial charge in [0.05, 0.1) is 12.2 Å². The molecule has 4 atom stereocenters. The van der Waals surface area contributed by atoms with E-state index in [9.17, 15) is 0 Å². The normalized spacial score (nSPS) is 34.3. The van der Waals surface area contributed by atoms with Crippen molar-refractivity contribution in [1.82, 2.24) is 0 Å². The maximum absolute atomic E-state index is 5.67. The van der Waals surface area contributed by atoms with Crippen molar-refractivity contribution >= 4 is 0 Å². The Kier molecular flexibility index (Phi) is 6.09. The summed E-state index contributed by atoms with van der Waals surface area (Å²) in [6.45, 7) is 6.99. The second kappa shape index (κ2) is 6.88. The standard InChI is InChI=1S/C15H30O3/c1-7-15(2,3)11-8-9-12(16-4)14(18-6)13(10-11)17-5/h11-14H,7-10H2,1-6H3. The van der Waals surface area contributed by atoms with E-state index in [0.717, 1.165) is 12.8 Å². The average Bonchev–Trinajstić information content (AvgIpc) is 2.57. The highest BCUT2D eigenvalue weighted by Gasteiger charge is 2.39. The smallest absolute Gasteiger partial charge is 0.109 e. The summed E-state index contributed by atoms with van der Waals surface area (Å²) in [5, 5.41) is 0. The van der Waals surface area contributed by atoms with Crippen LogP contribution in [-0.2, 0) is 14.2 Å². The minimum atomic E-state index is 0.0534. The molecule has 0 aliphatic heterocycles. The van der Waals surface area contributed by atoms with Gasteiger partial charge in [-0.05, 0) is 30.6 Å². The Hall–Kier alpha value is -0.120. The Balaban J connectivity index is 2.85. The lowest BCUT2D eigenvalue weighted by Gasteiger charge is -2.35. The van der Waals surface area contributed by atoms with Gasteiger partial charge in [-0.15, -0.1) is 0 Å². The third kappa shape index (κ3) is 3.46. The second-order valence-corrected chi connectivity index (χ2v) is 6.10. The van der Waals surface area contributed by atoms with Gasteiger partial charge in [-0.1, -0.05) is 27.2 Å². The third-order valence-electron chi connectivity index (χ3n) is 4.94. The van der Waals surface area contributed by atoms with Gasteiger partial charge in [0, 0.05) is 21.3 Å². The van der Waals surface area contributed by atoms with Gasteiger partial charge in [0.2, 0.25) is 0 Å². The van der Waals surface area contributed by atoms with Crippen LogP contribution in [0.25, 0.3) is 0 Å². The van der Waals surface area contributed by atoms with Crippen LogP contribution in [0.3, 0.4) is 0 Å². The first-order chi connectivity index (χ1) is 8.50. The topological polar surface area (TPSA) is 27.7 Å². The molecule has 1 aliphatic carbocycles. The van der Waals surface area contributed by atoms with Crippen LogP contribution in [0.4, 0.5) is 0 Å².